The summed E-state index contributed by atoms with van der Waals surface area (Å²) in [7, 11) is 0. The molecule has 0 bridgehead atoms. The molecule has 1 fully saturated rings. The Morgan fingerprint density at radius 3 is 2.73 bits per heavy atom. The van der Waals surface area contributed by atoms with Crippen molar-refractivity contribution >= 4 is 11.6 Å². The molecule has 4 heteroatoms. The van der Waals surface area contributed by atoms with E-state index in [1.807, 2.05) is 0 Å². The van der Waals surface area contributed by atoms with E-state index in [2.05, 4.69) is 19.0 Å². The van der Waals surface area contributed by atoms with Crippen molar-refractivity contribution in [2.45, 2.75) is 51.0 Å². The molecule has 0 unspecified atom stereocenters. The van der Waals surface area contributed by atoms with Gasteiger partial charge in [0.15, 0.2) is 0 Å². The highest BCUT2D eigenvalue weighted by Gasteiger charge is 2.38. The van der Waals surface area contributed by atoms with E-state index in [9.17, 15) is 0 Å². The molecule has 1 saturated carbocycles. The third-order valence-corrected chi connectivity index (χ3v) is 3.38. The Kier molecular flexibility index (Phi) is 2.77. The van der Waals surface area contributed by atoms with Gasteiger partial charge in [0, 0.05) is 11.1 Å². The van der Waals surface area contributed by atoms with E-state index >= 15 is 0 Å². The minimum Gasteiger partial charge on any atom is -0.344 e. The molecule has 0 radical (unpaired) electrons. The second-order valence-corrected chi connectivity index (χ2v) is 5.18. The highest BCUT2D eigenvalue weighted by Crippen LogP contribution is 2.38. The fourth-order valence-corrected chi connectivity index (χ4v) is 1.99. The highest BCUT2D eigenvalue weighted by molar-refractivity contribution is 6.29. The topological polar surface area (TPSA) is 52.0 Å². The molecule has 2 rings (SSSR count). The number of aromatic nitrogens is 1. The highest BCUT2D eigenvalue weighted by atomic mass is 35.5. The monoisotopic (exact) mass is 228 g/mol. The van der Waals surface area contributed by atoms with Gasteiger partial charge in [-0.2, -0.15) is 0 Å². The molecule has 1 aromatic heterocycles. The van der Waals surface area contributed by atoms with Gasteiger partial charge in [-0.1, -0.05) is 19.0 Å². The van der Waals surface area contributed by atoms with Crippen LogP contribution in [0.5, 0.6) is 0 Å². The Morgan fingerprint density at radius 2 is 2.20 bits per heavy atom. The number of nitrogens with zero attached hydrogens (tertiary/aromatic N) is 1. The Labute approximate surface area is 95.0 Å². The van der Waals surface area contributed by atoms with Crippen LogP contribution in [0.4, 0.5) is 0 Å². The van der Waals surface area contributed by atoms with Crippen molar-refractivity contribution in [1.82, 2.24) is 5.16 Å². The van der Waals surface area contributed by atoms with Crippen molar-refractivity contribution in [3.8, 4) is 0 Å². The van der Waals surface area contributed by atoms with E-state index in [-0.39, 0.29) is 5.54 Å². The molecule has 1 heterocycles. The van der Waals surface area contributed by atoms with Crippen LogP contribution in [-0.4, -0.2) is 10.7 Å². The molecular weight excluding hydrogens is 212 g/mol. The Hall–Kier alpha value is -0.540. The first-order valence-electron chi connectivity index (χ1n) is 5.45. The fraction of sp³-hybridized carbons (Fsp3) is 0.727. The predicted molar refractivity (Wildman–Crippen MR) is 60.1 cm³/mol. The van der Waals surface area contributed by atoms with Crippen molar-refractivity contribution in [1.29, 1.82) is 0 Å². The second kappa shape index (κ2) is 3.80. The third-order valence-electron chi connectivity index (χ3n) is 3.08. The van der Waals surface area contributed by atoms with E-state index in [4.69, 9.17) is 21.9 Å². The van der Waals surface area contributed by atoms with Gasteiger partial charge in [0.25, 0.3) is 0 Å². The molecule has 0 amide bonds. The van der Waals surface area contributed by atoms with Gasteiger partial charge in [0.1, 0.15) is 0 Å². The van der Waals surface area contributed by atoms with Crippen molar-refractivity contribution < 1.29 is 4.52 Å². The van der Waals surface area contributed by atoms with E-state index in [0.29, 0.717) is 11.1 Å². The van der Waals surface area contributed by atoms with E-state index < -0.39 is 0 Å². The van der Waals surface area contributed by atoms with Gasteiger partial charge in [-0.05, 0) is 43.2 Å². The molecule has 3 nitrogen and oxygen atoms in total. The van der Waals surface area contributed by atoms with Gasteiger partial charge in [-0.15, -0.1) is 0 Å². The summed E-state index contributed by atoms with van der Waals surface area (Å²) in [4.78, 5) is 0. The van der Waals surface area contributed by atoms with Crippen LogP contribution < -0.4 is 5.73 Å². The lowest BCUT2D eigenvalue weighted by Crippen LogP contribution is -2.22. The minimum absolute atomic E-state index is 0.0643. The predicted octanol–water partition coefficient (Wildman–Crippen LogP) is 2.88. The van der Waals surface area contributed by atoms with Crippen LogP contribution in [-0.2, 0) is 6.42 Å². The first-order valence-corrected chi connectivity index (χ1v) is 5.82. The third kappa shape index (κ3) is 2.34. The summed E-state index contributed by atoms with van der Waals surface area (Å²) in [6, 6.07) is 0. The van der Waals surface area contributed by atoms with Gasteiger partial charge in [-0.3, -0.25) is 0 Å². The van der Waals surface area contributed by atoms with Crippen LogP contribution in [0.2, 0.25) is 5.22 Å². The lowest BCUT2D eigenvalue weighted by molar-refractivity contribution is 0.409. The van der Waals surface area contributed by atoms with Crippen LogP contribution in [0.25, 0.3) is 0 Å². The molecule has 0 aliphatic heterocycles. The van der Waals surface area contributed by atoms with Gasteiger partial charge >= 0.3 is 0 Å². The lowest BCUT2D eigenvalue weighted by Gasteiger charge is -2.08. The average molecular weight is 229 g/mol. The smallest absolute Gasteiger partial charge is 0.229 e. The van der Waals surface area contributed by atoms with Gasteiger partial charge < -0.3 is 10.3 Å². The molecule has 2 N–H and O–H groups in total. The molecule has 0 atom stereocenters. The Morgan fingerprint density at radius 1 is 1.53 bits per heavy atom. The van der Waals surface area contributed by atoms with Gasteiger partial charge in [-0.25, -0.2) is 0 Å². The van der Waals surface area contributed by atoms with Crippen molar-refractivity contribution in [2.75, 3.05) is 0 Å². The molecular formula is C11H17ClN2O. The summed E-state index contributed by atoms with van der Waals surface area (Å²) in [5, 5.41) is 4.42. The van der Waals surface area contributed by atoms with Crippen LogP contribution in [0.1, 0.15) is 50.3 Å². The molecule has 0 saturated heterocycles. The first kappa shape index (κ1) is 11.0. The Balaban J connectivity index is 2.08. The largest absolute Gasteiger partial charge is 0.344 e. The first-order chi connectivity index (χ1) is 7.02. The normalized spacial score (nSPS) is 18.5. The Bertz CT molecular complexity index is 355. The summed E-state index contributed by atoms with van der Waals surface area (Å²) in [5.74, 6) is 0.351. The molecule has 84 valence electrons. The maximum atomic E-state index is 6.05. The maximum Gasteiger partial charge on any atom is 0.229 e. The summed E-state index contributed by atoms with van der Waals surface area (Å²) in [5.41, 5.74) is 8.13. The van der Waals surface area contributed by atoms with Crippen LogP contribution in [0.3, 0.4) is 0 Å². The van der Waals surface area contributed by atoms with E-state index in [0.717, 1.165) is 36.9 Å². The zero-order chi connectivity index (χ0) is 11.1. The molecule has 0 spiro atoms. The summed E-state index contributed by atoms with van der Waals surface area (Å²) in [6.45, 7) is 4.18. The molecule has 1 aromatic rings. The molecule has 0 aromatic carbocycles. The molecule has 15 heavy (non-hydrogen) atoms. The number of rotatable bonds is 4. The van der Waals surface area contributed by atoms with Crippen LogP contribution >= 0.6 is 11.6 Å². The number of hydrogen-bond donors (Lipinski definition) is 1. The van der Waals surface area contributed by atoms with Crippen LogP contribution in [0, 0.1) is 0 Å². The van der Waals surface area contributed by atoms with Crippen molar-refractivity contribution in [3.05, 3.63) is 16.5 Å². The summed E-state index contributed by atoms with van der Waals surface area (Å²) in [6.07, 6.45) is 4.12. The maximum absolute atomic E-state index is 6.05. The number of hydrogen-bond acceptors (Lipinski definition) is 3. The lowest BCUT2D eigenvalue weighted by atomic mass is 10.00. The van der Waals surface area contributed by atoms with Gasteiger partial charge in [0.2, 0.25) is 5.22 Å². The average Bonchev–Trinajstić information content (AvgIpc) is 2.76. The van der Waals surface area contributed by atoms with Crippen LogP contribution in [0.15, 0.2) is 4.52 Å². The van der Waals surface area contributed by atoms with Crippen molar-refractivity contribution in [3.63, 3.8) is 0 Å². The quantitative estimate of drug-likeness (QED) is 0.862. The zero-order valence-electron chi connectivity index (χ0n) is 9.22. The van der Waals surface area contributed by atoms with Gasteiger partial charge in [0.05, 0.1) is 5.69 Å². The minimum atomic E-state index is 0.0643. The fourth-order valence-electron chi connectivity index (χ4n) is 1.76. The van der Waals surface area contributed by atoms with E-state index in [1.54, 1.807) is 0 Å². The van der Waals surface area contributed by atoms with Crippen molar-refractivity contribution in [2.24, 2.45) is 5.73 Å². The standard InChI is InChI=1S/C11H17ClN2O/c1-7(2)9-8(10(12)15-14-9)3-4-11(13)5-6-11/h7H,3-6,13H2,1-2H3. The molecule has 1 aliphatic carbocycles. The zero-order valence-corrected chi connectivity index (χ0v) is 9.97. The number of nitrogens with two attached hydrogens (primary N) is 1. The SMILES string of the molecule is CC(C)c1noc(Cl)c1CCC1(N)CC1. The summed E-state index contributed by atoms with van der Waals surface area (Å²) >= 11 is 5.97. The number of halogens is 1. The second-order valence-electron chi connectivity index (χ2n) is 4.84. The molecule has 1 aliphatic rings. The summed E-state index contributed by atoms with van der Waals surface area (Å²) < 4.78 is 5.02. The van der Waals surface area contributed by atoms with E-state index in [1.165, 1.54) is 0 Å².